The van der Waals surface area contributed by atoms with E-state index in [-0.39, 0.29) is 24.9 Å². The molecule has 0 heterocycles. The van der Waals surface area contributed by atoms with Gasteiger partial charge in [0, 0.05) is 6.42 Å². The highest BCUT2D eigenvalue weighted by molar-refractivity contribution is 5.77. The zero-order valence-electron chi connectivity index (χ0n) is 42.4. The van der Waals surface area contributed by atoms with E-state index in [4.69, 9.17) is 4.74 Å². The molecular formula is C58H105NO5. The van der Waals surface area contributed by atoms with Gasteiger partial charge in [-0.3, -0.25) is 9.59 Å². The van der Waals surface area contributed by atoms with E-state index in [1.54, 1.807) is 0 Å². The summed E-state index contributed by atoms with van der Waals surface area (Å²) in [4.78, 5) is 26.2. The Balaban J connectivity index is 4.58. The monoisotopic (exact) mass is 896 g/mol. The first kappa shape index (κ1) is 61.6. The second-order valence-corrected chi connectivity index (χ2v) is 18.7. The Morgan fingerprint density at radius 1 is 0.469 bits per heavy atom. The van der Waals surface area contributed by atoms with Crippen LogP contribution in [0.2, 0.25) is 0 Å². The SMILES string of the molecule is CC/C=C/C=C/C=C\C=C/C=C/CCCC(CC(=O)NC(CO)C(O)CCCCCCCCCCCCCCCC)OC(=O)CCCCCCCCCCCCCCCCCCCC. The molecule has 0 aliphatic heterocycles. The molecule has 372 valence electrons. The third-order valence-electron chi connectivity index (χ3n) is 12.5. The third-order valence-corrected chi connectivity index (χ3v) is 12.5. The fourth-order valence-corrected chi connectivity index (χ4v) is 8.34. The Morgan fingerprint density at radius 2 is 0.844 bits per heavy atom. The highest BCUT2D eigenvalue weighted by atomic mass is 16.5. The topological polar surface area (TPSA) is 95.9 Å². The molecular weight excluding hydrogens is 791 g/mol. The molecule has 3 atom stereocenters. The van der Waals surface area contributed by atoms with E-state index in [0.29, 0.717) is 19.3 Å². The highest BCUT2D eigenvalue weighted by Crippen LogP contribution is 2.18. The summed E-state index contributed by atoms with van der Waals surface area (Å²) < 4.78 is 5.91. The van der Waals surface area contributed by atoms with E-state index in [9.17, 15) is 19.8 Å². The standard InChI is InChI=1S/C58H105NO5/c1-4-7-10-13-16-19-22-25-27-28-29-30-33-36-39-42-45-48-51-58(63)64-54(49-46-43-40-37-34-31-24-21-18-15-12-9-6-3)52-57(62)59-55(53-60)56(61)50-47-44-41-38-35-32-26-23-20-17-14-11-8-5-2/h9,12,15,18,21,24,31,34,37,40,54-56,60-61H,4-8,10-11,13-14,16-17,19-20,22-23,25-30,32-33,35-36,38-39,41-53H2,1-3H3,(H,59,62)/b12-9+,18-15+,24-21-,34-31-,40-37+. The van der Waals surface area contributed by atoms with E-state index in [1.807, 2.05) is 48.6 Å². The molecule has 0 fully saturated rings. The van der Waals surface area contributed by atoms with Crippen LogP contribution >= 0.6 is 0 Å². The molecule has 0 rings (SSSR count). The number of unbranched alkanes of at least 4 members (excludes halogenated alkanes) is 31. The predicted molar refractivity (Wildman–Crippen MR) is 278 cm³/mol. The molecule has 6 nitrogen and oxygen atoms in total. The number of amides is 1. The van der Waals surface area contributed by atoms with E-state index in [2.05, 4.69) is 38.2 Å². The molecule has 0 aliphatic carbocycles. The van der Waals surface area contributed by atoms with Gasteiger partial charge < -0.3 is 20.3 Å². The van der Waals surface area contributed by atoms with Crippen LogP contribution in [0.5, 0.6) is 0 Å². The van der Waals surface area contributed by atoms with Crippen molar-refractivity contribution in [1.29, 1.82) is 0 Å². The smallest absolute Gasteiger partial charge is 0.306 e. The Hall–Kier alpha value is -2.44. The van der Waals surface area contributed by atoms with Gasteiger partial charge in [-0.25, -0.2) is 0 Å². The van der Waals surface area contributed by atoms with E-state index in [0.717, 1.165) is 57.8 Å². The molecule has 3 unspecified atom stereocenters. The van der Waals surface area contributed by atoms with Gasteiger partial charge in [0.1, 0.15) is 6.10 Å². The number of allylic oxidation sites excluding steroid dienone is 10. The zero-order chi connectivity index (χ0) is 46.7. The lowest BCUT2D eigenvalue weighted by Crippen LogP contribution is -2.46. The van der Waals surface area contributed by atoms with Gasteiger partial charge in [0.2, 0.25) is 5.91 Å². The van der Waals surface area contributed by atoms with Crippen LogP contribution in [-0.4, -0.2) is 46.9 Å². The normalized spacial score (nSPS) is 13.6. The molecule has 0 aromatic heterocycles. The molecule has 3 N–H and O–H groups in total. The number of nitrogens with one attached hydrogen (secondary N) is 1. The van der Waals surface area contributed by atoms with Crippen LogP contribution in [-0.2, 0) is 14.3 Å². The average molecular weight is 896 g/mol. The van der Waals surface area contributed by atoms with Gasteiger partial charge in [0.15, 0.2) is 0 Å². The summed E-state index contributed by atoms with van der Waals surface area (Å²) >= 11 is 0. The number of hydrogen-bond donors (Lipinski definition) is 3. The molecule has 0 spiro atoms. The molecule has 1 amide bonds. The van der Waals surface area contributed by atoms with Crippen molar-refractivity contribution in [3.8, 4) is 0 Å². The maximum atomic E-state index is 13.2. The van der Waals surface area contributed by atoms with Crippen molar-refractivity contribution in [2.24, 2.45) is 0 Å². The maximum Gasteiger partial charge on any atom is 0.306 e. The summed E-state index contributed by atoms with van der Waals surface area (Å²) in [6, 6.07) is -0.724. The molecule has 0 saturated heterocycles. The summed E-state index contributed by atoms with van der Waals surface area (Å²) in [6.07, 6.45) is 64.4. The lowest BCUT2D eigenvalue weighted by atomic mass is 10.0. The molecule has 0 aromatic rings. The van der Waals surface area contributed by atoms with Gasteiger partial charge in [0.25, 0.3) is 0 Å². The first-order valence-corrected chi connectivity index (χ1v) is 27.6. The fraction of sp³-hybridized carbons (Fsp3) is 0.793. The second kappa shape index (κ2) is 51.5. The molecule has 64 heavy (non-hydrogen) atoms. The minimum absolute atomic E-state index is 0.0301. The van der Waals surface area contributed by atoms with Crippen LogP contribution in [0.25, 0.3) is 0 Å². The predicted octanol–water partition coefficient (Wildman–Crippen LogP) is 16.8. The minimum Gasteiger partial charge on any atom is -0.462 e. The van der Waals surface area contributed by atoms with Crippen molar-refractivity contribution < 1.29 is 24.5 Å². The van der Waals surface area contributed by atoms with Gasteiger partial charge in [-0.15, -0.1) is 0 Å². The quantitative estimate of drug-likeness (QED) is 0.0321. The van der Waals surface area contributed by atoms with Crippen LogP contribution in [0.15, 0.2) is 60.8 Å². The Bertz CT molecular complexity index is 1140. The van der Waals surface area contributed by atoms with Crippen LogP contribution in [0.3, 0.4) is 0 Å². The lowest BCUT2D eigenvalue weighted by molar-refractivity contribution is -0.151. The second-order valence-electron chi connectivity index (χ2n) is 18.7. The first-order valence-electron chi connectivity index (χ1n) is 27.6. The van der Waals surface area contributed by atoms with Gasteiger partial charge in [0.05, 0.1) is 25.2 Å². The molecule has 0 aliphatic rings. The summed E-state index contributed by atoms with van der Waals surface area (Å²) in [7, 11) is 0. The van der Waals surface area contributed by atoms with Crippen molar-refractivity contribution in [3.05, 3.63) is 60.8 Å². The average Bonchev–Trinajstić information content (AvgIpc) is 3.29. The summed E-state index contributed by atoms with van der Waals surface area (Å²) in [5.41, 5.74) is 0. The molecule has 0 bridgehead atoms. The molecule has 0 radical (unpaired) electrons. The van der Waals surface area contributed by atoms with Gasteiger partial charge in [-0.1, -0.05) is 281 Å². The fourth-order valence-electron chi connectivity index (χ4n) is 8.34. The summed E-state index contributed by atoms with van der Waals surface area (Å²) in [5.74, 6) is -0.537. The van der Waals surface area contributed by atoms with Crippen molar-refractivity contribution >= 4 is 11.9 Å². The van der Waals surface area contributed by atoms with E-state index < -0.39 is 18.2 Å². The van der Waals surface area contributed by atoms with Crippen LogP contribution < -0.4 is 5.32 Å². The van der Waals surface area contributed by atoms with Crippen molar-refractivity contribution in [3.63, 3.8) is 0 Å². The minimum atomic E-state index is -0.807. The van der Waals surface area contributed by atoms with Crippen LogP contribution in [0, 0.1) is 0 Å². The number of hydrogen-bond acceptors (Lipinski definition) is 5. The largest absolute Gasteiger partial charge is 0.462 e. The van der Waals surface area contributed by atoms with Crippen LogP contribution in [0.4, 0.5) is 0 Å². The van der Waals surface area contributed by atoms with Crippen LogP contribution in [0.1, 0.15) is 271 Å². The van der Waals surface area contributed by atoms with Crippen molar-refractivity contribution in [1.82, 2.24) is 5.32 Å². The van der Waals surface area contributed by atoms with Gasteiger partial charge in [-0.05, 0) is 38.5 Å². The highest BCUT2D eigenvalue weighted by Gasteiger charge is 2.24. The Kier molecular flexibility index (Phi) is 49.6. The maximum absolute atomic E-state index is 13.2. The number of aliphatic hydroxyl groups is 2. The lowest BCUT2D eigenvalue weighted by Gasteiger charge is -2.24. The van der Waals surface area contributed by atoms with Crippen molar-refractivity contribution in [2.45, 2.75) is 289 Å². The third kappa shape index (κ3) is 46.1. The number of rotatable bonds is 49. The zero-order valence-corrected chi connectivity index (χ0v) is 42.4. The molecule has 0 aromatic carbocycles. The number of aliphatic hydroxyl groups excluding tert-OH is 2. The number of carbonyl (C=O) groups is 2. The number of carbonyl (C=O) groups excluding carboxylic acids is 2. The van der Waals surface area contributed by atoms with Crippen molar-refractivity contribution in [2.75, 3.05) is 6.61 Å². The summed E-state index contributed by atoms with van der Waals surface area (Å²) in [6.45, 7) is 6.34. The van der Waals surface area contributed by atoms with Gasteiger partial charge >= 0.3 is 5.97 Å². The van der Waals surface area contributed by atoms with E-state index >= 15 is 0 Å². The molecule has 6 heteroatoms. The first-order chi connectivity index (χ1) is 31.5. The number of ether oxygens (including phenoxy) is 1. The summed E-state index contributed by atoms with van der Waals surface area (Å²) in [5, 5.41) is 23.8. The number of esters is 1. The Morgan fingerprint density at radius 3 is 1.25 bits per heavy atom. The van der Waals surface area contributed by atoms with E-state index in [1.165, 1.54) is 167 Å². The Labute approximate surface area is 397 Å². The van der Waals surface area contributed by atoms with Gasteiger partial charge in [-0.2, -0.15) is 0 Å². The molecule has 0 saturated carbocycles.